The molecule has 0 fully saturated rings. The first-order valence-corrected chi connectivity index (χ1v) is 6.03. The average molecular weight is 257 g/mol. The lowest BCUT2D eigenvalue weighted by Gasteiger charge is -2.12. The zero-order valence-corrected chi connectivity index (χ0v) is 10.1. The summed E-state index contributed by atoms with van der Waals surface area (Å²) in [7, 11) is 0. The molecule has 0 aliphatic rings. The summed E-state index contributed by atoms with van der Waals surface area (Å²) >= 11 is 7.22. The van der Waals surface area contributed by atoms with Gasteiger partial charge in [0.1, 0.15) is 11.9 Å². The predicted octanol–water partition coefficient (Wildman–Crippen LogP) is 3.93. The molecular formula is C12H10ClFOS. The van der Waals surface area contributed by atoms with Gasteiger partial charge in [0.25, 0.3) is 0 Å². The Kier molecular flexibility index (Phi) is 3.28. The Bertz CT molecular complexity index is 509. The molecule has 0 aliphatic carbocycles. The van der Waals surface area contributed by atoms with Crippen molar-refractivity contribution < 1.29 is 9.50 Å². The van der Waals surface area contributed by atoms with Gasteiger partial charge in [0, 0.05) is 5.56 Å². The molecule has 0 spiro atoms. The molecule has 2 rings (SSSR count). The molecule has 4 heteroatoms. The molecule has 16 heavy (non-hydrogen) atoms. The Labute approximate surface area is 102 Å². The Morgan fingerprint density at radius 3 is 2.75 bits per heavy atom. The number of aliphatic hydroxyl groups is 1. The maximum atomic E-state index is 13.8. The van der Waals surface area contributed by atoms with E-state index in [9.17, 15) is 9.50 Å². The minimum atomic E-state index is -0.993. The average Bonchev–Trinajstić information content (AvgIpc) is 2.68. The number of hydrogen-bond acceptors (Lipinski definition) is 2. The monoisotopic (exact) mass is 256 g/mol. The van der Waals surface area contributed by atoms with E-state index in [4.69, 9.17) is 11.6 Å². The van der Waals surface area contributed by atoms with Crippen LogP contribution in [0.15, 0.2) is 29.6 Å². The summed E-state index contributed by atoms with van der Waals surface area (Å²) in [5.74, 6) is -0.375. The number of aliphatic hydroxyl groups excluding tert-OH is 1. The second kappa shape index (κ2) is 4.53. The Morgan fingerprint density at radius 1 is 1.38 bits per heavy atom. The highest BCUT2D eigenvalue weighted by Gasteiger charge is 2.19. The highest BCUT2D eigenvalue weighted by molar-refractivity contribution is 7.10. The van der Waals surface area contributed by atoms with Gasteiger partial charge >= 0.3 is 0 Å². The fourth-order valence-corrected chi connectivity index (χ4v) is 2.68. The van der Waals surface area contributed by atoms with E-state index in [0.29, 0.717) is 15.5 Å². The van der Waals surface area contributed by atoms with Crippen LogP contribution in [0.1, 0.15) is 22.1 Å². The molecule has 1 nitrogen and oxygen atoms in total. The summed E-state index contributed by atoms with van der Waals surface area (Å²) in [5.41, 5.74) is 0.786. The lowest BCUT2D eigenvalue weighted by Crippen LogP contribution is -2.02. The summed E-state index contributed by atoms with van der Waals surface area (Å²) in [6.07, 6.45) is -0.993. The highest BCUT2D eigenvalue weighted by atomic mass is 35.5. The third-order valence-electron chi connectivity index (χ3n) is 2.41. The molecule has 0 saturated heterocycles. The smallest absolute Gasteiger partial charge is 0.132 e. The van der Waals surface area contributed by atoms with Crippen LogP contribution in [-0.4, -0.2) is 5.11 Å². The van der Waals surface area contributed by atoms with Crippen LogP contribution in [0, 0.1) is 12.7 Å². The molecule has 0 aliphatic heterocycles. The topological polar surface area (TPSA) is 20.2 Å². The van der Waals surface area contributed by atoms with E-state index in [-0.39, 0.29) is 11.4 Å². The maximum absolute atomic E-state index is 13.8. The second-order valence-corrected chi connectivity index (χ2v) is 4.87. The van der Waals surface area contributed by atoms with Gasteiger partial charge in [-0.25, -0.2) is 4.39 Å². The zero-order valence-electron chi connectivity index (χ0n) is 8.58. The van der Waals surface area contributed by atoms with Crippen LogP contribution in [0.3, 0.4) is 0 Å². The number of aryl methyl sites for hydroxylation is 1. The first-order valence-electron chi connectivity index (χ1n) is 4.77. The van der Waals surface area contributed by atoms with Crippen molar-refractivity contribution >= 4 is 22.9 Å². The molecule has 0 radical (unpaired) electrons. The zero-order chi connectivity index (χ0) is 11.7. The van der Waals surface area contributed by atoms with Crippen molar-refractivity contribution in [2.45, 2.75) is 13.0 Å². The van der Waals surface area contributed by atoms with Crippen LogP contribution in [0.5, 0.6) is 0 Å². The van der Waals surface area contributed by atoms with E-state index >= 15 is 0 Å². The molecule has 1 aromatic heterocycles. The summed E-state index contributed by atoms with van der Waals surface area (Å²) in [6.45, 7) is 1.67. The van der Waals surface area contributed by atoms with Gasteiger partial charge in [-0.2, -0.15) is 0 Å². The molecule has 2 aromatic rings. The molecule has 1 atom stereocenters. The third-order valence-corrected chi connectivity index (χ3v) is 3.82. The Hall–Kier alpha value is -0.900. The van der Waals surface area contributed by atoms with Crippen molar-refractivity contribution in [3.05, 3.63) is 56.5 Å². The fraction of sp³-hybridized carbons (Fsp3) is 0.167. The van der Waals surface area contributed by atoms with Crippen LogP contribution in [0.2, 0.25) is 5.02 Å². The van der Waals surface area contributed by atoms with Crippen molar-refractivity contribution in [3.8, 4) is 0 Å². The van der Waals surface area contributed by atoms with E-state index in [1.54, 1.807) is 36.6 Å². The van der Waals surface area contributed by atoms with Gasteiger partial charge in [0.2, 0.25) is 0 Å². The highest BCUT2D eigenvalue weighted by Crippen LogP contribution is 2.34. The molecule has 1 heterocycles. The predicted molar refractivity (Wildman–Crippen MR) is 64.5 cm³/mol. The maximum Gasteiger partial charge on any atom is 0.132 e. The quantitative estimate of drug-likeness (QED) is 0.863. The minimum absolute atomic E-state index is 0.268. The lowest BCUT2D eigenvalue weighted by atomic mass is 10.0. The molecule has 0 saturated carbocycles. The van der Waals surface area contributed by atoms with E-state index in [1.807, 2.05) is 0 Å². The van der Waals surface area contributed by atoms with Gasteiger partial charge in [0.15, 0.2) is 0 Å². The van der Waals surface area contributed by atoms with Gasteiger partial charge in [-0.1, -0.05) is 29.8 Å². The van der Waals surface area contributed by atoms with Gasteiger partial charge < -0.3 is 5.11 Å². The normalized spacial score (nSPS) is 12.8. The largest absolute Gasteiger partial charge is 0.383 e. The van der Waals surface area contributed by atoms with Crippen LogP contribution >= 0.6 is 22.9 Å². The third kappa shape index (κ3) is 1.98. The van der Waals surface area contributed by atoms with Crippen molar-refractivity contribution in [3.63, 3.8) is 0 Å². The number of hydrogen-bond donors (Lipinski definition) is 1. The van der Waals surface area contributed by atoms with Gasteiger partial charge in [0.05, 0.1) is 9.90 Å². The Balaban J connectivity index is 2.46. The summed E-state index contributed by atoms with van der Waals surface area (Å²) in [6, 6.07) is 6.65. The van der Waals surface area contributed by atoms with Crippen LogP contribution < -0.4 is 0 Å². The van der Waals surface area contributed by atoms with E-state index in [0.717, 1.165) is 0 Å². The molecule has 0 bridgehead atoms. The number of rotatable bonds is 2. The molecule has 1 aromatic carbocycles. The summed E-state index contributed by atoms with van der Waals surface area (Å²) in [4.78, 5) is 0.575. The first-order chi connectivity index (χ1) is 7.61. The van der Waals surface area contributed by atoms with Crippen LogP contribution in [-0.2, 0) is 0 Å². The number of thiophene rings is 1. The number of halogens is 2. The summed E-state index contributed by atoms with van der Waals surface area (Å²) < 4.78 is 13.8. The van der Waals surface area contributed by atoms with Gasteiger partial charge in [-0.05, 0) is 23.9 Å². The van der Waals surface area contributed by atoms with Gasteiger partial charge in [-0.3, -0.25) is 0 Å². The van der Waals surface area contributed by atoms with E-state index in [1.165, 1.54) is 11.3 Å². The minimum Gasteiger partial charge on any atom is -0.383 e. The van der Waals surface area contributed by atoms with Crippen LogP contribution in [0.4, 0.5) is 4.39 Å². The van der Waals surface area contributed by atoms with Crippen molar-refractivity contribution in [1.82, 2.24) is 0 Å². The lowest BCUT2D eigenvalue weighted by molar-refractivity contribution is 0.218. The second-order valence-electron chi connectivity index (χ2n) is 3.51. The van der Waals surface area contributed by atoms with Crippen molar-refractivity contribution in [2.24, 2.45) is 0 Å². The van der Waals surface area contributed by atoms with E-state index < -0.39 is 6.10 Å². The first kappa shape index (κ1) is 11.6. The molecule has 1 unspecified atom stereocenters. The standard InChI is InChI=1S/C12H10ClFOS/c1-7-3-2-4-8(10(7)14)11(15)12-9(13)5-6-16-12/h2-6,11,15H,1H3. The molecule has 1 N–H and O–H groups in total. The van der Waals surface area contributed by atoms with Crippen molar-refractivity contribution in [2.75, 3.05) is 0 Å². The SMILES string of the molecule is Cc1cccc(C(O)c2sccc2Cl)c1F. The van der Waals surface area contributed by atoms with Crippen LogP contribution in [0.25, 0.3) is 0 Å². The summed E-state index contributed by atoms with van der Waals surface area (Å²) in [5, 5.41) is 12.3. The number of benzene rings is 1. The van der Waals surface area contributed by atoms with Gasteiger partial charge in [-0.15, -0.1) is 11.3 Å². The molecule has 0 amide bonds. The Morgan fingerprint density at radius 2 is 2.12 bits per heavy atom. The fourth-order valence-electron chi connectivity index (χ4n) is 1.52. The molecule has 84 valence electrons. The van der Waals surface area contributed by atoms with Crippen molar-refractivity contribution in [1.29, 1.82) is 0 Å². The van der Waals surface area contributed by atoms with E-state index in [2.05, 4.69) is 0 Å². The molecular weight excluding hydrogens is 247 g/mol.